The number of carbonyl (C=O) groups is 1. The SMILES string of the molecule is CN(C)[C@H](CNC(=O)c1ccc(F)cc1Br)c1ccccc1Cl. The van der Waals surface area contributed by atoms with Gasteiger partial charge in [-0.15, -0.1) is 0 Å². The highest BCUT2D eigenvalue weighted by molar-refractivity contribution is 9.10. The highest BCUT2D eigenvalue weighted by atomic mass is 79.9. The highest BCUT2D eigenvalue weighted by Gasteiger charge is 2.19. The Morgan fingerprint density at radius 2 is 2.00 bits per heavy atom. The minimum atomic E-state index is -0.393. The summed E-state index contributed by atoms with van der Waals surface area (Å²) >= 11 is 9.46. The van der Waals surface area contributed by atoms with Crippen LogP contribution in [0.3, 0.4) is 0 Å². The number of nitrogens with zero attached hydrogens (tertiary/aromatic N) is 1. The Labute approximate surface area is 148 Å². The standard InChI is InChI=1S/C17H17BrClFN2O/c1-22(2)16(13-5-3-4-6-15(13)19)10-21-17(23)12-8-7-11(20)9-14(12)18/h3-9,16H,10H2,1-2H3,(H,21,23)/t16-/m1/s1. The van der Waals surface area contributed by atoms with E-state index in [0.29, 0.717) is 21.6 Å². The molecule has 0 spiro atoms. The average Bonchev–Trinajstić information content (AvgIpc) is 2.48. The molecule has 0 saturated heterocycles. The van der Waals surface area contributed by atoms with Crippen molar-refractivity contribution in [1.29, 1.82) is 0 Å². The van der Waals surface area contributed by atoms with Crippen molar-refractivity contribution in [3.05, 3.63) is 68.9 Å². The molecule has 2 aromatic carbocycles. The zero-order chi connectivity index (χ0) is 17.0. The van der Waals surface area contributed by atoms with Crippen LogP contribution in [0.5, 0.6) is 0 Å². The second kappa shape index (κ2) is 7.90. The minimum Gasteiger partial charge on any atom is -0.350 e. The van der Waals surface area contributed by atoms with Crippen LogP contribution in [0, 0.1) is 5.82 Å². The lowest BCUT2D eigenvalue weighted by molar-refractivity contribution is 0.0941. The molecule has 1 N–H and O–H groups in total. The van der Waals surface area contributed by atoms with Crippen molar-refractivity contribution in [3.8, 4) is 0 Å². The van der Waals surface area contributed by atoms with E-state index in [1.54, 1.807) is 0 Å². The molecule has 1 amide bonds. The van der Waals surface area contributed by atoms with Crippen LogP contribution in [0.1, 0.15) is 22.0 Å². The van der Waals surface area contributed by atoms with Gasteiger partial charge in [-0.05, 0) is 59.9 Å². The molecule has 2 rings (SSSR count). The van der Waals surface area contributed by atoms with Crippen molar-refractivity contribution in [3.63, 3.8) is 0 Å². The van der Waals surface area contributed by atoms with Gasteiger partial charge in [0.25, 0.3) is 5.91 Å². The third-order valence-electron chi connectivity index (χ3n) is 3.52. The number of likely N-dealkylation sites (N-methyl/N-ethyl adjacent to an activating group) is 1. The number of carbonyl (C=O) groups excluding carboxylic acids is 1. The molecule has 0 bridgehead atoms. The minimum absolute atomic E-state index is 0.0631. The quantitative estimate of drug-likeness (QED) is 0.814. The molecule has 0 heterocycles. The third-order valence-corrected chi connectivity index (χ3v) is 4.52. The summed E-state index contributed by atoms with van der Waals surface area (Å²) in [6, 6.07) is 11.5. The molecule has 1 atom stereocenters. The number of nitrogens with one attached hydrogen (secondary N) is 1. The van der Waals surface area contributed by atoms with Crippen LogP contribution in [-0.4, -0.2) is 31.4 Å². The van der Waals surface area contributed by atoms with Crippen molar-refractivity contribution >= 4 is 33.4 Å². The first-order valence-corrected chi connectivity index (χ1v) is 8.21. The van der Waals surface area contributed by atoms with E-state index in [1.165, 1.54) is 18.2 Å². The Bertz CT molecular complexity index is 709. The first-order valence-electron chi connectivity index (χ1n) is 7.04. The third kappa shape index (κ3) is 4.53. The predicted octanol–water partition coefficient (Wildman–Crippen LogP) is 4.27. The molecular weight excluding hydrogens is 383 g/mol. The van der Waals surface area contributed by atoms with Gasteiger partial charge in [0.1, 0.15) is 5.82 Å². The summed E-state index contributed by atoms with van der Waals surface area (Å²) in [6.45, 7) is 0.388. The zero-order valence-corrected chi connectivity index (χ0v) is 15.2. The first kappa shape index (κ1) is 17.9. The van der Waals surface area contributed by atoms with Gasteiger partial charge in [0.05, 0.1) is 11.6 Å². The number of benzene rings is 2. The molecule has 6 heteroatoms. The van der Waals surface area contributed by atoms with Gasteiger partial charge in [-0.1, -0.05) is 29.8 Å². The lowest BCUT2D eigenvalue weighted by Gasteiger charge is -2.26. The fourth-order valence-electron chi connectivity index (χ4n) is 2.27. The van der Waals surface area contributed by atoms with E-state index in [-0.39, 0.29) is 11.9 Å². The van der Waals surface area contributed by atoms with Gasteiger partial charge in [-0.25, -0.2) is 4.39 Å². The van der Waals surface area contributed by atoms with Crippen molar-refractivity contribution in [1.82, 2.24) is 10.2 Å². The molecule has 0 fully saturated rings. The number of halogens is 3. The van der Waals surface area contributed by atoms with Crippen molar-refractivity contribution in [2.45, 2.75) is 6.04 Å². The van der Waals surface area contributed by atoms with Gasteiger partial charge in [0.15, 0.2) is 0 Å². The largest absolute Gasteiger partial charge is 0.350 e. The average molecular weight is 400 g/mol. The molecule has 23 heavy (non-hydrogen) atoms. The van der Waals surface area contributed by atoms with Gasteiger partial charge in [0.2, 0.25) is 0 Å². The van der Waals surface area contributed by atoms with E-state index >= 15 is 0 Å². The second-order valence-corrected chi connectivity index (χ2v) is 6.60. The highest BCUT2D eigenvalue weighted by Crippen LogP contribution is 2.25. The maximum absolute atomic E-state index is 13.1. The van der Waals surface area contributed by atoms with E-state index < -0.39 is 5.82 Å². The molecule has 0 saturated carbocycles. The molecular formula is C17H17BrClFN2O. The van der Waals surface area contributed by atoms with Crippen LogP contribution in [0.4, 0.5) is 4.39 Å². The molecule has 0 aliphatic rings. The molecule has 122 valence electrons. The van der Waals surface area contributed by atoms with E-state index in [2.05, 4.69) is 21.2 Å². The van der Waals surface area contributed by atoms with Gasteiger partial charge in [-0.2, -0.15) is 0 Å². The molecule has 3 nitrogen and oxygen atoms in total. The van der Waals surface area contributed by atoms with Crippen molar-refractivity contribution in [2.24, 2.45) is 0 Å². The predicted molar refractivity (Wildman–Crippen MR) is 94.3 cm³/mol. The van der Waals surface area contributed by atoms with Gasteiger partial charge in [0, 0.05) is 16.0 Å². The molecule has 0 aromatic heterocycles. The van der Waals surface area contributed by atoms with Crippen molar-refractivity contribution in [2.75, 3.05) is 20.6 Å². The molecule has 0 unspecified atom stereocenters. The smallest absolute Gasteiger partial charge is 0.252 e. The molecule has 0 radical (unpaired) electrons. The number of hydrogen-bond acceptors (Lipinski definition) is 2. The summed E-state index contributed by atoms with van der Waals surface area (Å²) in [5, 5.41) is 3.53. The summed E-state index contributed by atoms with van der Waals surface area (Å²) in [6.07, 6.45) is 0. The van der Waals surface area contributed by atoms with Crippen LogP contribution in [0.2, 0.25) is 5.02 Å². The first-order chi connectivity index (χ1) is 10.9. The molecule has 2 aromatic rings. The van der Waals surface area contributed by atoms with Gasteiger partial charge < -0.3 is 10.2 Å². The summed E-state index contributed by atoms with van der Waals surface area (Å²) in [4.78, 5) is 14.3. The van der Waals surface area contributed by atoms with E-state index in [4.69, 9.17) is 11.6 Å². The van der Waals surface area contributed by atoms with Crippen molar-refractivity contribution < 1.29 is 9.18 Å². The van der Waals surface area contributed by atoms with Crippen LogP contribution in [0.15, 0.2) is 46.9 Å². The van der Waals surface area contributed by atoms with Crippen LogP contribution >= 0.6 is 27.5 Å². The fraction of sp³-hybridized carbons (Fsp3) is 0.235. The Morgan fingerprint density at radius 3 is 2.61 bits per heavy atom. The fourth-order valence-corrected chi connectivity index (χ4v) is 3.07. The molecule has 0 aliphatic carbocycles. The summed E-state index contributed by atoms with van der Waals surface area (Å²) in [7, 11) is 3.85. The van der Waals surface area contributed by atoms with Crippen LogP contribution in [-0.2, 0) is 0 Å². The van der Waals surface area contributed by atoms with Crippen LogP contribution in [0.25, 0.3) is 0 Å². The van der Waals surface area contributed by atoms with Gasteiger partial charge >= 0.3 is 0 Å². The number of amides is 1. The van der Waals surface area contributed by atoms with E-state index in [1.807, 2.05) is 43.3 Å². The summed E-state index contributed by atoms with van der Waals surface area (Å²) in [5.74, 6) is -0.661. The van der Waals surface area contributed by atoms with Crippen LogP contribution < -0.4 is 5.32 Å². The van der Waals surface area contributed by atoms with Gasteiger partial charge in [-0.3, -0.25) is 4.79 Å². The maximum atomic E-state index is 13.1. The number of hydrogen-bond donors (Lipinski definition) is 1. The summed E-state index contributed by atoms with van der Waals surface area (Å²) in [5.41, 5.74) is 1.33. The number of rotatable bonds is 5. The Hall–Kier alpha value is -1.43. The van der Waals surface area contributed by atoms with E-state index in [9.17, 15) is 9.18 Å². The lowest BCUT2D eigenvalue weighted by Crippen LogP contribution is -2.34. The molecule has 0 aliphatic heterocycles. The lowest BCUT2D eigenvalue weighted by atomic mass is 10.1. The Kier molecular flexibility index (Phi) is 6.16. The summed E-state index contributed by atoms with van der Waals surface area (Å²) < 4.78 is 13.5. The maximum Gasteiger partial charge on any atom is 0.252 e. The zero-order valence-electron chi connectivity index (χ0n) is 12.8. The Balaban J connectivity index is 2.13. The normalized spacial score (nSPS) is 12.3. The Morgan fingerprint density at radius 1 is 1.30 bits per heavy atom. The second-order valence-electron chi connectivity index (χ2n) is 5.34. The van der Waals surface area contributed by atoms with E-state index in [0.717, 1.165) is 5.56 Å². The monoisotopic (exact) mass is 398 g/mol. The topological polar surface area (TPSA) is 32.3 Å².